The monoisotopic (exact) mass is 441 g/mol. The summed E-state index contributed by atoms with van der Waals surface area (Å²) in [5.74, 6) is -0.564. The summed E-state index contributed by atoms with van der Waals surface area (Å²) in [6.45, 7) is 4.67. The molecular weight excluding hydrogens is 410 g/mol. The molecule has 0 bridgehead atoms. The topological polar surface area (TPSA) is 46.6 Å². The number of piperidine rings is 1. The van der Waals surface area contributed by atoms with Gasteiger partial charge in [-0.1, -0.05) is 90.5 Å². The molecule has 4 heteroatoms. The van der Waals surface area contributed by atoms with Gasteiger partial charge in [0.15, 0.2) is 5.41 Å². The molecule has 0 aromatic heterocycles. The molecule has 1 saturated heterocycles. The summed E-state index contributed by atoms with van der Waals surface area (Å²) in [5.41, 5.74) is 2.97. The number of benzene rings is 3. The van der Waals surface area contributed by atoms with E-state index < -0.39 is 11.4 Å². The van der Waals surface area contributed by atoms with Crippen LogP contribution in [-0.2, 0) is 20.7 Å². The van der Waals surface area contributed by atoms with Gasteiger partial charge in [0.2, 0.25) is 5.91 Å². The van der Waals surface area contributed by atoms with Crippen molar-refractivity contribution in [3.05, 3.63) is 107 Å². The number of hydrogen-bond acceptors (Lipinski definition) is 3. The molecule has 1 heterocycles. The van der Waals surface area contributed by atoms with Crippen LogP contribution in [0.2, 0.25) is 0 Å². The Labute approximate surface area is 196 Å². The van der Waals surface area contributed by atoms with Gasteiger partial charge in [-0.15, -0.1) is 0 Å². The Morgan fingerprint density at radius 2 is 1.52 bits per heavy atom. The number of rotatable bonds is 7. The Hall–Kier alpha value is -3.40. The summed E-state index contributed by atoms with van der Waals surface area (Å²) in [7, 11) is 0. The molecule has 1 atom stereocenters. The lowest BCUT2D eigenvalue weighted by Crippen LogP contribution is -2.55. The summed E-state index contributed by atoms with van der Waals surface area (Å²) in [6, 6.07) is 27.9. The number of nitrogens with zero attached hydrogens (tertiary/aromatic N) is 1. The molecular formula is C29H31NO3. The van der Waals surface area contributed by atoms with E-state index in [2.05, 4.69) is 0 Å². The minimum atomic E-state index is -1.22. The van der Waals surface area contributed by atoms with E-state index in [9.17, 15) is 9.59 Å². The highest BCUT2D eigenvalue weighted by Crippen LogP contribution is 2.41. The van der Waals surface area contributed by atoms with Gasteiger partial charge >= 0.3 is 5.97 Å². The minimum Gasteiger partial charge on any atom is -0.465 e. The van der Waals surface area contributed by atoms with Crippen molar-refractivity contribution >= 4 is 11.9 Å². The van der Waals surface area contributed by atoms with Crippen LogP contribution in [-0.4, -0.2) is 29.9 Å². The summed E-state index contributed by atoms with van der Waals surface area (Å²) in [6.07, 6.45) is 1.58. The molecule has 3 aromatic carbocycles. The Morgan fingerprint density at radius 1 is 0.939 bits per heavy atom. The van der Waals surface area contributed by atoms with Gasteiger partial charge in [-0.2, -0.15) is 0 Å². The molecule has 0 saturated carbocycles. The van der Waals surface area contributed by atoms with Crippen molar-refractivity contribution < 1.29 is 14.3 Å². The van der Waals surface area contributed by atoms with Crippen molar-refractivity contribution in [2.75, 3.05) is 13.2 Å². The summed E-state index contributed by atoms with van der Waals surface area (Å²) >= 11 is 0. The van der Waals surface area contributed by atoms with Crippen LogP contribution in [0.25, 0.3) is 0 Å². The number of amides is 1. The lowest BCUT2D eigenvalue weighted by Gasteiger charge is -2.44. The van der Waals surface area contributed by atoms with Crippen molar-refractivity contribution in [1.29, 1.82) is 0 Å². The predicted octanol–water partition coefficient (Wildman–Crippen LogP) is 5.50. The third-order valence-corrected chi connectivity index (χ3v) is 6.51. The normalized spacial score (nSPS) is 18.4. The summed E-state index contributed by atoms with van der Waals surface area (Å²) in [4.78, 5) is 29.5. The minimum absolute atomic E-state index is 0.148. The zero-order valence-electron chi connectivity index (χ0n) is 19.4. The van der Waals surface area contributed by atoms with Gasteiger partial charge in [-0.25, -0.2) is 0 Å². The first-order valence-corrected chi connectivity index (χ1v) is 11.7. The largest absolute Gasteiger partial charge is 0.465 e. The molecule has 0 aliphatic carbocycles. The van der Waals surface area contributed by atoms with E-state index >= 15 is 0 Å². The lowest BCUT2D eigenvalue weighted by atomic mass is 9.73. The number of likely N-dealkylation sites (tertiary alicyclic amines) is 1. The van der Waals surface area contributed by atoms with Crippen molar-refractivity contribution in [2.45, 2.75) is 39.2 Å². The van der Waals surface area contributed by atoms with Gasteiger partial charge in [0.25, 0.3) is 0 Å². The second kappa shape index (κ2) is 10.0. The number of carbonyl (C=O) groups excluding carboxylic acids is 2. The van der Waals surface area contributed by atoms with Gasteiger partial charge in [0.05, 0.1) is 12.6 Å². The van der Waals surface area contributed by atoms with Gasteiger partial charge in [-0.3, -0.25) is 9.59 Å². The van der Waals surface area contributed by atoms with Gasteiger partial charge in [0, 0.05) is 6.54 Å². The van der Waals surface area contributed by atoms with Crippen molar-refractivity contribution in [3.63, 3.8) is 0 Å². The fraction of sp³-hybridized carbons (Fsp3) is 0.310. The first-order chi connectivity index (χ1) is 16.0. The highest BCUT2D eigenvalue weighted by Gasteiger charge is 2.52. The second-order valence-corrected chi connectivity index (χ2v) is 8.79. The average Bonchev–Trinajstić information content (AvgIpc) is 2.84. The summed E-state index contributed by atoms with van der Waals surface area (Å²) in [5, 5.41) is 0. The first-order valence-electron chi connectivity index (χ1n) is 11.7. The number of aryl methyl sites for hydroxylation is 1. The van der Waals surface area contributed by atoms with Crippen LogP contribution in [0.4, 0.5) is 0 Å². The van der Waals surface area contributed by atoms with Crippen LogP contribution in [0.3, 0.4) is 0 Å². The van der Waals surface area contributed by atoms with Crippen molar-refractivity contribution in [3.8, 4) is 0 Å². The standard InChI is InChI=1S/C29H31NO3/c1-3-33-28(32)29(21-23-17-15-22(2)16-18-23)19-10-20-30(27(29)31)26(24-11-6-4-7-12-24)25-13-8-5-9-14-25/h4-9,11-18,26H,3,10,19-21H2,1-2H3/t29-/m0/s1. The van der Waals surface area contributed by atoms with Gasteiger partial charge in [0.1, 0.15) is 0 Å². The molecule has 3 aromatic rings. The Bertz CT molecular complexity index is 1040. The van der Waals surface area contributed by atoms with Crippen molar-refractivity contribution in [1.82, 2.24) is 4.90 Å². The molecule has 4 nitrogen and oxygen atoms in total. The Kier molecular flexibility index (Phi) is 6.93. The fourth-order valence-corrected chi connectivity index (χ4v) is 4.85. The molecule has 33 heavy (non-hydrogen) atoms. The molecule has 170 valence electrons. The van der Waals surface area contributed by atoms with E-state index in [1.54, 1.807) is 6.92 Å². The summed E-state index contributed by atoms with van der Waals surface area (Å²) < 4.78 is 5.50. The van der Waals surface area contributed by atoms with E-state index in [-0.39, 0.29) is 18.6 Å². The molecule has 0 unspecified atom stereocenters. The van der Waals surface area contributed by atoms with E-state index in [0.717, 1.165) is 28.7 Å². The average molecular weight is 442 g/mol. The van der Waals surface area contributed by atoms with E-state index in [0.29, 0.717) is 19.4 Å². The third kappa shape index (κ3) is 4.70. The smallest absolute Gasteiger partial charge is 0.321 e. The highest BCUT2D eigenvalue weighted by molar-refractivity contribution is 6.03. The number of hydrogen-bond donors (Lipinski definition) is 0. The number of carbonyl (C=O) groups is 2. The van der Waals surface area contributed by atoms with Crippen LogP contribution in [0.5, 0.6) is 0 Å². The molecule has 0 N–H and O–H groups in total. The Balaban J connectivity index is 1.77. The maximum atomic E-state index is 14.2. The van der Waals surface area contributed by atoms with Crippen LogP contribution < -0.4 is 0 Å². The SMILES string of the molecule is CCOC(=O)[C@]1(Cc2ccc(C)cc2)CCCN(C(c2ccccc2)c2ccccc2)C1=O. The molecule has 0 radical (unpaired) electrons. The van der Waals surface area contributed by atoms with Crippen molar-refractivity contribution in [2.24, 2.45) is 5.41 Å². The highest BCUT2D eigenvalue weighted by atomic mass is 16.5. The van der Waals surface area contributed by atoms with E-state index in [1.807, 2.05) is 96.8 Å². The first kappa shape index (κ1) is 22.8. The molecule has 4 rings (SSSR count). The maximum Gasteiger partial charge on any atom is 0.321 e. The number of ether oxygens (including phenoxy) is 1. The van der Waals surface area contributed by atoms with Crippen LogP contribution in [0, 0.1) is 12.3 Å². The van der Waals surface area contributed by atoms with E-state index in [1.165, 1.54) is 0 Å². The molecule has 1 fully saturated rings. The van der Waals surface area contributed by atoms with Crippen LogP contribution >= 0.6 is 0 Å². The van der Waals surface area contributed by atoms with Crippen LogP contribution in [0.1, 0.15) is 48.1 Å². The number of esters is 1. The quantitative estimate of drug-likeness (QED) is 0.359. The molecule has 0 spiro atoms. The van der Waals surface area contributed by atoms with Gasteiger partial charge < -0.3 is 9.64 Å². The lowest BCUT2D eigenvalue weighted by molar-refractivity contribution is -0.169. The molecule has 1 aliphatic heterocycles. The molecule has 1 amide bonds. The Morgan fingerprint density at radius 3 is 2.06 bits per heavy atom. The third-order valence-electron chi connectivity index (χ3n) is 6.51. The maximum absolute atomic E-state index is 14.2. The zero-order valence-corrected chi connectivity index (χ0v) is 19.4. The van der Waals surface area contributed by atoms with E-state index in [4.69, 9.17) is 4.74 Å². The second-order valence-electron chi connectivity index (χ2n) is 8.79. The fourth-order valence-electron chi connectivity index (χ4n) is 4.85. The predicted molar refractivity (Wildman–Crippen MR) is 130 cm³/mol. The zero-order chi connectivity index (χ0) is 23.3. The molecule has 1 aliphatic rings. The van der Waals surface area contributed by atoms with Gasteiger partial charge in [-0.05, 0) is 49.8 Å². The van der Waals surface area contributed by atoms with Crippen LogP contribution in [0.15, 0.2) is 84.9 Å².